The molecule has 3 saturated heterocycles. The van der Waals surface area contributed by atoms with Gasteiger partial charge in [0.2, 0.25) is 23.7 Å². The van der Waals surface area contributed by atoms with E-state index in [1.165, 1.54) is 17.5 Å². The Kier molecular flexibility index (Phi) is 13.5. The van der Waals surface area contributed by atoms with Gasteiger partial charge in [0.15, 0.2) is 0 Å². The zero-order chi connectivity index (χ0) is 45.7. The second kappa shape index (κ2) is 19.9. The second-order valence-corrected chi connectivity index (χ2v) is 18.0. The van der Waals surface area contributed by atoms with Crippen molar-refractivity contribution in [3.63, 3.8) is 0 Å². The van der Waals surface area contributed by atoms with Gasteiger partial charge in [0.05, 0.1) is 46.9 Å². The summed E-state index contributed by atoms with van der Waals surface area (Å²) in [6.07, 6.45) is 13.6. The number of hydrogen-bond donors (Lipinski definition) is 5. The molecule has 0 saturated carbocycles. The molecule has 1 atom stereocenters. The van der Waals surface area contributed by atoms with Crippen LogP contribution >= 0.6 is 27.9 Å². The third-order valence-electron chi connectivity index (χ3n) is 12.3. The Morgan fingerprint density at radius 2 is 1.71 bits per heavy atom. The Bertz CT molecular complexity index is 2740. The van der Waals surface area contributed by atoms with Crippen molar-refractivity contribution in [1.29, 1.82) is 0 Å². The van der Waals surface area contributed by atoms with Crippen molar-refractivity contribution in [2.45, 2.75) is 37.6 Å². The third-order valence-corrected chi connectivity index (χ3v) is 13.3. The van der Waals surface area contributed by atoms with E-state index in [0.717, 1.165) is 70.8 Å². The van der Waals surface area contributed by atoms with Crippen LogP contribution in [0.3, 0.4) is 0 Å². The number of carbonyl (C=O) groups is 3. The number of piperidine rings is 2. The third kappa shape index (κ3) is 9.99. The predicted molar refractivity (Wildman–Crippen MR) is 262 cm³/mol. The summed E-state index contributed by atoms with van der Waals surface area (Å²) in [7, 11) is 3.54. The molecule has 66 heavy (non-hydrogen) atoms. The molecule has 0 spiro atoms. The van der Waals surface area contributed by atoms with Crippen LogP contribution in [0.2, 0.25) is 0 Å². The van der Waals surface area contributed by atoms with E-state index in [9.17, 15) is 14.4 Å². The van der Waals surface area contributed by atoms with Gasteiger partial charge in [-0.1, -0.05) is 24.1 Å². The maximum Gasteiger partial charge on any atom is 0.249 e. The van der Waals surface area contributed by atoms with Crippen LogP contribution in [0.5, 0.6) is 5.75 Å². The van der Waals surface area contributed by atoms with Crippen LogP contribution in [-0.2, 0) is 21.4 Å². The highest BCUT2D eigenvalue weighted by atomic mass is 79.9. The number of aryl methyl sites for hydroxylation is 1. The van der Waals surface area contributed by atoms with Crippen molar-refractivity contribution < 1.29 is 19.1 Å². The topological polar surface area (TPSA) is 200 Å². The summed E-state index contributed by atoms with van der Waals surface area (Å²) < 4.78 is 11.8. The van der Waals surface area contributed by atoms with Gasteiger partial charge in [0.25, 0.3) is 0 Å². The Morgan fingerprint density at radius 1 is 0.924 bits per heavy atom. The molecule has 1 unspecified atom stereocenters. The fraction of sp³-hybridized carbons (Fsp3) is 0.348. The van der Waals surface area contributed by atoms with Crippen molar-refractivity contribution in [2.24, 2.45) is 7.05 Å². The summed E-state index contributed by atoms with van der Waals surface area (Å²) in [6, 6.07) is 15.8. The number of benzene rings is 3. The van der Waals surface area contributed by atoms with Gasteiger partial charge < -0.3 is 35.2 Å². The van der Waals surface area contributed by atoms with E-state index in [1.807, 2.05) is 67.0 Å². The quantitative estimate of drug-likeness (QED) is 0.0584. The first kappa shape index (κ1) is 44.7. The van der Waals surface area contributed by atoms with Crippen molar-refractivity contribution in [3.8, 4) is 16.9 Å². The Balaban J connectivity index is 0.835. The first-order valence-electron chi connectivity index (χ1n) is 21.9. The molecule has 18 nitrogen and oxygen atoms in total. The van der Waals surface area contributed by atoms with Gasteiger partial charge in [0, 0.05) is 99.3 Å². The lowest BCUT2D eigenvalue weighted by atomic mass is 9.89. The molecular formula is C46H51BrN14O4S. The molecule has 3 aromatic heterocycles. The van der Waals surface area contributed by atoms with Gasteiger partial charge >= 0.3 is 0 Å². The molecule has 3 aliphatic heterocycles. The van der Waals surface area contributed by atoms with Gasteiger partial charge in [-0.2, -0.15) is 10.1 Å². The SMILES string of the molecule is COc1cc(N2CCN(C(=O)CN3CCC(c4ccc(NC5CCC(=O)NC5=O)cc4)CC3)CC2)c(-c2cnn(C)c2)cc1Nc1ncc(Br)c(Nc2ccc3nccnc3c2NSC)n1. The number of imide groups is 1. The minimum atomic E-state index is -0.408. The largest absolute Gasteiger partial charge is 0.494 e. The number of aromatic nitrogens is 6. The molecule has 0 bridgehead atoms. The van der Waals surface area contributed by atoms with Crippen LogP contribution in [0.25, 0.3) is 22.2 Å². The van der Waals surface area contributed by atoms with E-state index in [4.69, 9.17) is 9.72 Å². The molecule has 20 heteroatoms. The molecule has 6 aromatic rings. The maximum atomic E-state index is 13.7. The number of methoxy groups -OCH3 is 1. The Morgan fingerprint density at radius 3 is 2.44 bits per heavy atom. The number of ether oxygens (including phenoxy) is 1. The predicted octanol–water partition coefficient (Wildman–Crippen LogP) is 6.51. The number of likely N-dealkylation sites (tertiary alicyclic amines) is 1. The fourth-order valence-corrected chi connectivity index (χ4v) is 9.50. The van der Waals surface area contributed by atoms with Crippen LogP contribution in [0.4, 0.5) is 40.2 Å². The second-order valence-electron chi connectivity index (χ2n) is 16.5. The fourth-order valence-electron chi connectivity index (χ4n) is 8.79. The number of piperazine rings is 1. The number of nitrogens with one attached hydrogen (secondary N) is 5. The van der Waals surface area contributed by atoms with E-state index in [0.29, 0.717) is 79.2 Å². The number of halogens is 1. The van der Waals surface area contributed by atoms with Crippen molar-refractivity contribution >= 4 is 96.8 Å². The zero-order valence-corrected chi connectivity index (χ0v) is 39.3. The summed E-state index contributed by atoms with van der Waals surface area (Å²) in [6.45, 7) is 4.61. The lowest BCUT2D eigenvalue weighted by Gasteiger charge is -2.39. The minimum absolute atomic E-state index is 0.149. The lowest BCUT2D eigenvalue weighted by molar-refractivity contribution is -0.134. The number of anilines is 7. The summed E-state index contributed by atoms with van der Waals surface area (Å²) >= 11 is 5.09. The Hall–Kier alpha value is -6.51. The Labute approximate surface area is 394 Å². The van der Waals surface area contributed by atoms with Gasteiger partial charge in [0.1, 0.15) is 23.1 Å². The molecule has 3 amide bonds. The molecule has 0 aliphatic carbocycles. The average molecular weight is 976 g/mol. The van der Waals surface area contributed by atoms with Crippen LogP contribution in [-0.4, -0.2) is 122 Å². The summed E-state index contributed by atoms with van der Waals surface area (Å²) in [4.78, 5) is 62.4. The standard InChI is InChI=1S/C46H51BrN14O4S/c1-58-26-30(24-51-58)32-22-37(54-46-50-25-33(47)44(56-46)53-35-9-8-34-42(43(35)57-66-3)49-15-14-48-34)39(65-2)23-38(32)60-18-20-61(21-19-60)41(63)27-59-16-12-29(13-17-59)28-4-6-31(7-5-28)52-36-10-11-40(62)55-45(36)64/h4-9,14-15,22-26,29,36,52,57H,10-13,16-21,27H2,1-3H3,(H,55,62,64)(H2,50,53,54,56). The molecule has 3 aromatic carbocycles. The maximum absolute atomic E-state index is 13.7. The number of fused-ring (bicyclic) bond motifs is 1. The van der Waals surface area contributed by atoms with Gasteiger partial charge in [-0.25, -0.2) is 4.98 Å². The first-order chi connectivity index (χ1) is 32.1. The molecule has 3 fully saturated rings. The van der Waals surface area contributed by atoms with Crippen LogP contribution in [0, 0.1) is 0 Å². The number of amides is 3. The number of hydrogen-bond acceptors (Lipinski definition) is 16. The molecule has 5 N–H and O–H groups in total. The average Bonchev–Trinajstić information content (AvgIpc) is 3.78. The van der Waals surface area contributed by atoms with Gasteiger partial charge in [-0.05, 0) is 90.1 Å². The normalized spacial score (nSPS) is 17.1. The van der Waals surface area contributed by atoms with E-state index < -0.39 is 6.04 Å². The first-order valence-corrected chi connectivity index (χ1v) is 23.9. The molecule has 3 aliphatic rings. The molecule has 9 rings (SSSR count). The van der Waals surface area contributed by atoms with E-state index in [2.05, 4.69) is 83.9 Å². The highest BCUT2D eigenvalue weighted by molar-refractivity contribution is 9.10. The molecule has 342 valence electrons. The van der Waals surface area contributed by atoms with Gasteiger partial charge in [-0.15, -0.1) is 0 Å². The van der Waals surface area contributed by atoms with Crippen LogP contribution in [0.1, 0.15) is 37.2 Å². The monoisotopic (exact) mass is 974 g/mol. The number of carbonyl (C=O) groups excluding carboxylic acids is 3. The summed E-state index contributed by atoms with van der Waals surface area (Å²) in [5, 5.41) is 17.0. The lowest BCUT2D eigenvalue weighted by Crippen LogP contribution is -2.52. The van der Waals surface area contributed by atoms with Crippen LogP contribution < -0.4 is 35.6 Å². The minimum Gasteiger partial charge on any atom is -0.494 e. The van der Waals surface area contributed by atoms with Crippen molar-refractivity contribution in [3.05, 3.63) is 89.6 Å². The summed E-state index contributed by atoms with van der Waals surface area (Å²) in [5.41, 5.74) is 8.73. The molecule has 0 radical (unpaired) electrons. The highest BCUT2D eigenvalue weighted by Crippen LogP contribution is 2.41. The van der Waals surface area contributed by atoms with Crippen molar-refractivity contribution in [1.82, 2.24) is 44.8 Å². The van der Waals surface area contributed by atoms with Crippen molar-refractivity contribution in [2.75, 3.05) is 84.8 Å². The van der Waals surface area contributed by atoms with Gasteiger partial charge in [-0.3, -0.25) is 39.3 Å². The van der Waals surface area contributed by atoms with Crippen LogP contribution in [0.15, 0.2) is 84.0 Å². The number of nitrogens with zero attached hydrogens (tertiary/aromatic N) is 9. The highest BCUT2D eigenvalue weighted by Gasteiger charge is 2.29. The number of rotatable bonds is 14. The van der Waals surface area contributed by atoms with E-state index in [-0.39, 0.29) is 17.7 Å². The van der Waals surface area contributed by atoms with E-state index >= 15 is 0 Å². The molecule has 6 heterocycles. The zero-order valence-electron chi connectivity index (χ0n) is 36.9. The van der Waals surface area contributed by atoms with E-state index in [1.54, 1.807) is 30.4 Å². The summed E-state index contributed by atoms with van der Waals surface area (Å²) in [5.74, 6) is 1.57. The molecular weight excluding hydrogens is 925 g/mol. The smallest absolute Gasteiger partial charge is 0.249 e.